The second-order valence-corrected chi connectivity index (χ2v) is 4.24. The van der Waals surface area contributed by atoms with Crippen molar-refractivity contribution in [1.82, 2.24) is 19.9 Å². The summed E-state index contributed by atoms with van der Waals surface area (Å²) in [6.07, 6.45) is 5.11. The molecule has 5 heteroatoms. The molecule has 0 saturated carbocycles. The van der Waals surface area contributed by atoms with Gasteiger partial charge in [-0.1, -0.05) is 17.7 Å². The van der Waals surface area contributed by atoms with Crippen molar-refractivity contribution in [2.24, 2.45) is 0 Å². The van der Waals surface area contributed by atoms with E-state index >= 15 is 0 Å². The molecule has 92 valence electrons. The van der Waals surface area contributed by atoms with E-state index in [1.54, 1.807) is 24.7 Å². The van der Waals surface area contributed by atoms with Crippen LogP contribution >= 0.6 is 11.6 Å². The normalized spacial score (nSPS) is 10.4. The molecule has 0 unspecified atom stereocenters. The SMILES string of the molecule is Clc1cc(-c2ccccn2)nc(-c2ccncc2)n1. The zero-order chi connectivity index (χ0) is 13.1. The Morgan fingerprint density at radius 3 is 2.42 bits per heavy atom. The van der Waals surface area contributed by atoms with Crippen LogP contribution in [0, 0.1) is 0 Å². The first-order valence-corrected chi connectivity index (χ1v) is 6.07. The minimum Gasteiger partial charge on any atom is -0.265 e. The Morgan fingerprint density at radius 1 is 0.842 bits per heavy atom. The first-order chi connectivity index (χ1) is 9.33. The molecule has 0 N–H and O–H groups in total. The van der Waals surface area contributed by atoms with E-state index in [1.807, 2.05) is 30.3 Å². The fourth-order valence-electron chi connectivity index (χ4n) is 1.69. The van der Waals surface area contributed by atoms with Gasteiger partial charge in [-0.25, -0.2) is 9.97 Å². The summed E-state index contributed by atoms with van der Waals surface area (Å²) in [5, 5.41) is 0.391. The lowest BCUT2D eigenvalue weighted by Crippen LogP contribution is -1.94. The van der Waals surface area contributed by atoms with E-state index in [-0.39, 0.29) is 0 Å². The lowest BCUT2D eigenvalue weighted by molar-refractivity contribution is 1.15. The lowest BCUT2D eigenvalue weighted by atomic mass is 10.2. The summed E-state index contributed by atoms with van der Waals surface area (Å²) in [5.41, 5.74) is 2.34. The van der Waals surface area contributed by atoms with Gasteiger partial charge in [0.1, 0.15) is 5.15 Å². The van der Waals surface area contributed by atoms with Crippen molar-refractivity contribution in [2.75, 3.05) is 0 Å². The van der Waals surface area contributed by atoms with Crippen LogP contribution in [0.25, 0.3) is 22.8 Å². The van der Waals surface area contributed by atoms with Gasteiger partial charge < -0.3 is 0 Å². The third kappa shape index (κ3) is 2.58. The topological polar surface area (TPSA) is 51.6 Å². The van der Waals surface area contributed by atoms with Gasteiger partial charge >= 0.3 is 0 Å². The second-order valence-electron chi connectivity index (χ2n) is 3.85. The van der Waals surface area contributed by atoms with Crippen LogP contribution < -0.4 is 0 Å². The summed E-state index contributed by atoms with van der Waals surface area (Å²) in [7, 11) is 0. The number of pyridine rings is 2. The van der Waals surface area contributed by atoms with Gasteiger partial charge in [0.2, 0.25) is 0 Å². The van der Waals surface area contributed by atoms with E-state index in [9.17, 15) is 0 Å². The van der Waals surface area contributed by atoms with E-state index in [2.05, 4.69) is 19.9 Å². The molecule has 19 heavy (non-hydrogen) atoms. The molecule has 0 amide bonds. The summed E-state index contributed by atoms with van der Waals surface area (Å²) in [6.45, 7) is 0. The molecule has 0 aliphatic heterocycles. The van der Waals surface area contributed by atoms with Crippen molar-refractivity contribution in [3.05, 3.63) is 60.1 Å². The van der Waals surface area contributed by atoms with Gasteiger partial charge in [0.15, 0.2) is 5.82 Å². The average molecular weight is 269 g/mol. The third-order valence-corrected chi connectivity index (χ3v) is 2.75. The Balaban J connectivity index is 2.12. The highest BCUT2D eigenvalue weighted by atomic mass is 35.5. The van der Waals surface area contributed by atoms with Crippen molar-refractivity contribution in [3.63, 3.8) is 0 Å². The molecular formula is C14H9ClN4. The molecule has 0 radical (unpaired) electrons. The molecule has 0 aromatic carbocycles. The molecule has 3 heterocycles. The van der Waals surface area contributed by atoms with E-state index in [4.69, 9.17) is 11.6 Å². The molecule has 0 bridgehead atoms. The number of hydrogen-bond acceptors (Lipinski definition) is 4. The van der Waals surface area contributed by atoms with Crippen LogP contribution in [0.15, 0.2) is 55.0 Å². The van der Waals surface area contributed by atoms with Crippen LogP contribution in [0.1, 0.15) is 0 Å². The predicted octanol–water partition coefficient (Wildman–Crippen LogP) is 3.25. The molecule has 0 aliphatic carbocycles. The molecule has 4 nitrogen and oxygen atoms in total. The number of halogens is 1. The summed E-state index contributed by atoms with van der Waals surface area (Å²) in [6, 6.07) is 11.0. The van der Waals surface area contributed by atoms with Crippen molar-refractivity contribution in [3.8, 4) is 22.8 Å². The Bertz CT molecular complexity index is 629. The summed E-state index contributed by atoms with van der Waals surface area (Å²) in [4.78, 5) is 17.0. The van der Waals surface area contributed by atoms with Gasteiger partial charge in [-0.05, 0) is 24.3 Å². The molecule has 0 aliphatic rings. The van der Waals surface area contributed by atoms with Gasteiger partial charge in [0, 0.05) is 30.2 Å². The number of nitrogens with zero attached hydrogens (tertiary/aromatic N) is 4. The van der Waals surface area contributed by atoms with Crippen LogP contribution in [0.3, 0.4) is 0 Å². The zero-order valence-electron chi connectivity index (χ0n) is 9.86. The first-order valence-electron chi connectivity index (χ1n) is 5.69. The van der Waals surface area contributed by atoms with Gasteiger partial charge in [-0.2, -0.15) is 0 Å². The Labute approximate surface area is 115 Å². The van der Waals surface area contributed by atoms with E-state index in [0.29, 0.717) is 16.7 Å². The summed E-state index contributed by atoms with van der Waals surface area (Å²) >= 11 is 6.06. The third-order valence-electron chi connectivity index (χ3n) is 2.56. The predicted molar refractivity (Wildman–Crippen MR) is 73.5 cm³/mol. The monoisotopic (exact) mass is 268 g/mol. The average Bonchev–Trinajstić information content (AvgIpc) is 2.48. The second kappa shape index (κ2) is 5.12. The molecule has 0 saturated heterocycles. The van der Waals surface area contributed by atoms with Gasteiger partial charge in [0.05, 0.1) is 11.4 Å². The quantitative estimate of drug-likeness (QED) is 0.670. The smallest absolute Gasteiger partial charge is 0.161 e. The van der Waals surface area contributed by atoms with Gasteiger partial charge in [-0.15, -0.1) is 0 Å². The van der Waals surface area contributed by atoms with E-state index < -0.39 is 0 Å². The van der Waals surface area contributed by atoms with Crippen molar-refractivity contribution in [2.45, 2.75) is 0 Å². The van der Waals surface area contributed by atoms with Crippen LogP contribution in [-0.2, 0) is 0 Å². The molecule has 0 spiro atoms. The zero-order valence-corrected chi connectivity index (χ0v) is 10.6. The molecule has 0 atom stereocenters. The Morgan fingerprint density at radius 2 is 1.68 bits per heavy atom. The maximum atomic E-state index is 6.06. The largest absolute Gasteiger partial charge is 0.265 e. The van der Waals surface area contributed by atoms with Crippen LogP contribution in [0.4, 0.5) is 0 Å². The van der Waals surface area contributed by atoms with Gasteiger partial charge in [0.25, 0.3) is 0 Å². The number of hydrogen-bond donors (Lipinski definition) is 0. The lowest BCUT2D eigenvalue weighted by Gasteiger charge is -2.04. The van der Waals surface area contributed by atoms with Gasteiger partial charge in [-0.3, -0.25) is 9.97 Å². The Kier molecular flexibility index (Phi) is 3.16. The molecule has 3 aromatic rings. The highest BCUT2D eigenvalue weighted by Crippen LogP contribution is 2.22. The highest BCUT2D eigenvalue weighted by molar-refractivity contribution is 6.29. The van der Waals surface area contributed by atoms with Crippen molar-refractivity contribution < 1.29 is 0 Å². The maximum Gasteiger partial charge on any atom is 0.161 e. The molecular weight excluding hydrogens is 260 g/mol. The molecule has 3 rings (SSSR count). The minimum atomic E-state index is 0.391. The minimum absolute atomic E-state index is 0.391. The van der Waals surface area contributed by atoms with Crippen LogP contribution in [-0.4, -0.2) is 19.9 Å². The maximum absolute atomic E-state index is 6.06. The fraction of sp³-hybridized carbons (Fsp3) is 0. The Hall–Kier alpha value is -2.33. The molecule has 3 aromatic heterocycles. The van der Waals surface area contributed by atoms with Crippen molar-refractivity contribution >= 4 is 11.6 Å². The molecule has 0 fully saturated rings. The highest BCUT2D eigenvalue weighted by Gasteiger charge is 2.07. The standard InChI is InChI=1S/C14H9ClN4/c15-13-9-12(11-3-1-2-6-17-11)18-14(19-13)10-4-7-16-8-5-10/h1-9H. The summed E-state index contributed by atoms with van der Waals surface area (Å²) < 4.78 is 0. The first kappa shape index (κ1) is 11.7. The van der Waals surface area contributed by atoms with E-state index in [1.165, 1.54) is 0 Å². The van der Waals surface area contributed by atoms with Crippen molar-refractivity contribution in [1.29, 1.82) is 0 Å². The number of aromatic nitrogens is 4. The van der Waals surface area contributed by atoms with E-state index in [0.717, 1.165) is 11.3 Å². The summed E-state index contributed by atoms with van der Waals surface area (Å²) in [5.74, 6) is 0.565. The fourth-order valence-corrected chi connectivity index (χ4v) is 1.88. The number of rotatable bonds is 2. The van der Waals surface area contributed by atoms with Crippen LogP contribution in [0.5, 0.6) is 0 Å². The van der Waals surface area contributed by atoms with Crippen LogP contribution in [0.2, 0.25) is 5.15 Å².